The van der Waals surface area contributed by atoms with Crippen LogP contribution < -0.4 is 10.2 Å². The Morgan fingerprint density at radius 2 is 1.82 bits per heavy atom. The highest BCUT2D eigenvalue weighted by Gasteiger charge is 2.23. The van der Waals surface area contributed by atoms with E-state index in [1.54, 1.807) is 6.07 Å². The van der Waals surface area contributed by atoms with Gasteiger partial charge in [-0.25, -0.2) is 8.42 Å². The second-order valence-electron chi connectivity index (χ2n) is 6.84. The molecule has 150 valence electrons. The largest absolute Gasteiger partial charge is 0.369 e. The normalized spacial score (nSPS) is 15.6. The second-order valence-corrected chi connectivity index (χ2v) is 8.88. The van der Waals surface area contributed by atoms with Gasteiger partial charge in [0.2, 0.25) is 15.9 Å². The number of benzene rings is 1. The molecule has 2 heterocycles. The summed E-state index contributed by atoms with van der Waals surface area (Å²) in [7, 11) is -0.267. The van der Waals surface area contributed by atoms with Crippen molar-refractivity contribution in [3.8, 4) is 0 Å². The van der Waals surface area contributed by atoms with E-state index >= 15 is 0 Å². The van der Waals surface area contributed by atoms with Gasteiger partial charge < -0.3 is 15.1 Å². The van der Waals surface area contributed by atoms with Gasteiger partial charge in [0.15, 0.2) is 0 Å². The van der Waals surface area contributed by atoms with E-state index in [4.69, 9.17) is 0 Å². The molecule has 0 saturated carbocycles. The molecule has 0 bridgehead atoms. The predicted octanol–water partition coefficient (Wildman–Crippen LogP) is 1.09. The maximum Gasteiger partial charge on any atom is 0.244 e. The van der Waals surface area contributed by atoms with E-state index in [9.17, 15) is 13.2 Å². The zero-order chi connectivity index (χ0) is 20.1. The summed E-state index contributed by atoms with van der Waals surface area (Å²) in [6, 6.07) is 10.6. The van der Waals surface area contributed by atoms with Crippen LogP contribution in [0.1, 0.15) is 0 Å². The highest BCUT2D eigenvalue weighted by atomic mass is 32.2. The molecule has 1 aliphatic heterocycles. The molecule has 1 N–H and O–H groups in total. The standard InChI is InChI=1S/C19H25N5O3S/c1-22-10-12-24(13-11-22)17-7-5-16(6-8-17)21-19(25)15-23(2)28(26,27)18-4-3-9-20-14-18/h3-9,14H,10-13,15H2,1-2H3,(H,21,25). The van der Waals surface area contributed by atoms with Crippen molar-refractivity contribution in [2.24, 2.45) is 0 Å². The van der Waals surface area contributed by atoms with Crippen LogP contribution in [0, 0.1) is 0 Å². The molecule has 3 rings (SSSR count). The molecule has 9 heteroatoms. The number of nitrogens with one attached hydrogen (secondary N) is 1. The summed E-state index contributed by atoms with van der Waals surface area (Å²) in [6.07, 6.45) is 2.76. The van der Waals surface area contributed by atoms with Crippen LogP contribution in [-0.4, -0.2) is 75.3 Å². The smallest absolute Gasteiger partial charge is 0.244 e. The Balaban J connectivity index is 1.57. The number of sulfonamides is 1. The Kier molecular flexibility index (Phi) is 6.28. The molecule has 0 aliphatic carbocycles. The number of pyridine rings is 1. The number of likely N-dealkylation sites (N-methyl/N-ethyl adjacent to an activating group) is 2. The minimum atomic E-state index is -3.75. The molecule has 1 aromatic heterocycles. The van der Waals surface area contributed by atoms with Gasteiger partial charge >= 0.3 is 0 Å². The van der Waals surface area contributed by atoms with Crippen molar-refractivity contribution < 1.29 is 13.2 Å². The van der Waals surface area contributed by atoms with Gasteiger partial charge in [0.1, 0.15) is 4.90 Å². The molecule has 1 aliphatic rings. The molecule has 1 aromatic carbocycles. The Bertz CT molecular complexity index is 895. The Hall–Kier alpha value is -2.49. The third-order valence-electron chi connectivity index (χ3n) is 4.73. The minimum absolute atomic E-state index is 0.0572. The molecule has 0 atom stereocenters. The van der Waals surface area contributed by atoms with Gasteiger partial charge in [-0.2, -0.15) is 4.31 Å². The second kappa shape index (κ2) is 8.68. The van der Waals surface area contributed by atoms with Crippen molar-refractivity contribution in [1.82, 2.24) is 14.2 Å². The van der Waals surface area contributed by atoms with E-state index in [1.807, 2.05) is 24.3 Å². The van der Waals surface area contributed by atoms with Crippen LogP contribution in [-0.2, 0) is 14.8 Å². The number of carbonyl (C=O) groups excluding carboxylic acids is 1. The van der Waals surface area contributed by atoms with E-state index in [-0.39, 0.29) is 11.4 Å². The van der Waals surface area contributed by atoms with E-state index in [0.29, 0.717) is 5.69 Å². The van der Waals surface area contributed by atoms with E-state index in [2.05, 4.69) is 27.1 Å². The van der Waals surface area contributed by atoms with Gasteiger partial charge in [-0.3, -0.25) is 9.78 Å². The van der Waals surface area contributed by atoms with Crippen molar-refractivity contribution in [3.05, 3.63) is 48.8 Å². The van der Waals surface area contributed by atoms with Gasteiger partial charge in [0, 0.05) is 57.0 Å². The Morgan fingerprint density at radius 3 is 2.43 bits per heavy atom. The maximum absolute atomic E-state index is 12.5. The summed E-state index contributed by atoms with van der Waals surface area (Å²) in [5, 5.41) is 2.75. The predicted molar refractivity (Wildman–Crippen MR) is 109 cm³/mol. The quantitative estimate of drug-likeness (QED) is 0.777. The van der Waals surface area contributed by atoms with Crippen LogP contribution in [0.15, 0.2) is 53.7 Å². The van der Waals surface area contributed by atoms with Gasteiger partial charge in [0.25, 0.3) is 0 Å². The van der Waals surface area contributed by atoms with Gasteiger partial charge in [0.05, 0.1) is 6.54 Å². The first-order valence-corrected chi connectivity index (χ1v) is 10.5. The number of rotatable bonds is 6. The summed E-state index contributed by atoms with van der Waals surface area (Å²) in [4.78, 5) is 20.7. The van der Waals surface area contributed by atoms with Crippen molar-refractivity contribution in [3.63, 3.8) is 0 Å². The molecule has 8 nitrogen and oxygen atoms in total. The molecule has 0 radical (unpaired) electrons. The van der Waals surface area contributed by atoms with E-state index in [0.717, 1.165) is 36.2 Å². The summed E-state index contributed by atoms with van der Waals surface area (Å²) in [6.45, 7) is 3.71. The van der Waals surface area contributed by atoms with Crippen LogP contribution in [0.25, 0.3) is 0 Å². The molecule has 0 spiro atoms. The molecule has 1 amide bonds. The van der Waals surface area contributed by atoms with Crippen molar-refractivity contribution in [2.75, 3.05) is 57.0 Å². The summed E-state index contributed by atoms with van der Waals surface area (Å²) >= 11 is 0. The lowest BCUT2D eigenvalue weighted by Gasteiger charge is -2.34. The third kappa shape index (κ3) is 4.86. The molecule has 2 aromatic rings. The maximum atomic E-state index is 12.5. The van der Waals surface area contributed by atoms with E-state index in [1.165, 1.54) is 25.5 Å². The SMILES string of the molecule is CN1CCN(c2ccc(NC(=O)CN(C)S(=O)(=O)c3cccnc3)cc2)CC1. The molecular formula is C19H25N5O3S. The van der Waals surface area contributed by atoms with Crippen molar-refractivity contribution in [2.45, 2.75) is 4.90 Å². The van der Waals surface area contributed by atoms with Crippen LogP contribution in [0.2, 0.25) is 0 Å². The van der Waals surface area contributed by atoms with Crippen LogP contribution in [0.5, 0.6) is 0 Å². The number of amides is 1. The zero-order valence-electron chi connectivity index (χ0n) is 16.1. The average Bonchev–Trinajstić information content (AvgIpc) is 2.70. The topological polar surface area (TPSA) is 85.9 Å². The first-order chi connectivity index (χ1) is 13.4. The molecule has 28 heavy (non-hydrogen) atoms. The first-order valence-electron chi connectivity index (χ1n) is 9.06. The lowest BCUT2D eigenvalue weighted by molar-refractivity contribution is -0.116. The lowest BCUT2D eigenvalue weighted by Crippen LogP contribution is -2.44. The fraction of sp³-hybridized carbons (Fsp3) is 0.368. The lowest BCUT2D eigenvalue weighted by atomic mass is 10.2. The monoisotopic (exact) mass is 403 g/mol. The minimum Gasteiger partial charge on any atom is -0.369 e. The summed E-state index contributed by atoms with van der Waals surface area (Å²) < 4.78 is 25.9. The fourth-order valence-corrected chi connectivity index (χ4v) is 4.08. The van der Waals surface area contributed by atoms with Gasteiger partial charge in [-0.05, 0) is 43.4 Å². The average molecular weight is 404 g/mol. The number of aromatic nitrogens is 1. The summed E-state index contributed by atoms with van der Waals surface area (Å²) in [5.41, 5.74) is 1.75. The molecular weight excluding hydrogens is 378 g/mol. The highest BCUT2D eigenvalue weighted by Crippen LogP contribution is 2.19. The number of hydrogen-bond acceptors (Lipinski definition) is 6. The number of anilines is 2. The number of nitrogens with zero attached hydrogens (tertiary/aromatic N) is 4. The highest BCUT2D eigenvalue weighted by molar-refractivity contribution is 7.89. The fourth-order valence-electron chi connectivity index (χ4n) is 2.99. The first kappa shape index (κ1) is 20.2. The van der Waals surface area contributed by atoms with Crippen LogP contribution in [0.3, 0.4) is 0 Å². The summed E-state index contributed by atoms with van der Waals surface area (Å²) in [5.74, 6) is -0.401. The number of carbonyl (C=O) groups is 1. The Labute approximate surface area is 165 Å². The number of hydrogen-bond donors (Lipinski definition) is 1. The van der Waals surface area contributed by atoms with Gasteiger partial charge in [-0.1, -0.05) is 0 Å². The Morgan fingerprint density at radius 1 is 1.14 bits per heavy atom. The van der Waals surface area contributed by atoms with Crippen LogP contribution in [0.4, 0.5) is 11.4 Å². The van der Waals surface area contributed by atoms with E-state index < -0.39 is 15.9 Å². The van der Waals surface area contributed by atoms with Crippen LogP contribution >= 0.6 is 0 Å². The van der Waals surface area contributed by atoms with Crippen molar-refractivity contribution >= 4 is 27.3 Å². The zero-order valence-corrected chi connectivity index (χ0v) is 16.9. The molecule has 0 unspecified atom stereocenters. The molecule has 1 saturated heterocycles. The third-order valence-corrected chi connectivity index (χ3v) is 6.52. The van der Waals surface area contributed by atoms with Crippen molar-refractivity contribution in [1.29, 1.82) is 0 Å². The van der Waals surface area contributed by atoms with Gasteiger partial charge in [-0.15, -0.1) is 0 Å². The number of piperazine rings is 1. The molecule has 1 fully saturated rings.